The van der Waals surface area contributed by atoms with Gasteiger partial charge in [0, 0.05) is 76.3 Å². The van der Waals surface area contributed by atoms with Gasteiger partial charge in [-0.25, -0.2) is 8.78 Å². The maximum atomic E-state index is 15.3. The Morgan fingerprint density at radius 2 is 1.59 bits per heavy atom. The number of halogens is 2. The molecule has 5 rings (SSSR count). The van der Waals surface area contributed by atoms with Gasteiger partial charge in [0.25, 0.3) is 0 Å². The highest BCUT2D eigenvalue weighted by atomic mass is 19.1. The Hall–Kier alpha value is -2.59. The van der Waals surface area contributed by atoms with Crippen molar-refractivity contribution in [1.82, 2.24) is 24.5 Å². The third kappa shape index (κ3) is 7.28. The van der Waals surface area contributed by atoms with Crippen molar-refractivity contribution in [3.63, 3.8) is 0 Å². The highest BCUT2D eigenvalue weighted by Gasteiger charge is 2.51. The van der Waals surface area contributed by atoms with Crippen LogP contribution in [0, 0.1) is 23.0 Å². The molecule has 1 saturated carbocycles. The van der Waals surface area contributed by atoms with E-state index in [2.05, 4.69) is 51.3 Å². The summed E-state index contributed by atoms with van der Waals surface area (Å²) < 4.78 is 29.2. The number of likely N-dealkylation sites (N-methyl/N-ethyl adjacent to an activating group) is 1. The van der Waals surface area contributed by atoms with Crippen LogP contribution < -0.4 is 0 Å². The lowest BCUT2D eigenvalue weighted by Gasteiger charge is -2.42. The molecule has 0 radical (unpaired) electrons. The molecule has 10 heteroatoms. The molecule has 0 bridgehead atoms. The summed E-state index contributed by atoms with van der Waals surface area (Å²) in [5, 5.41) is 0. The van der Waals surface area contributed by atoms with Crippen LogP contribution in [-0.2, 0) is 14.4 Å². The van der Waals surface area contributed by atoms with Crippen LogP contribution >= 0.6 is 0 Å². The number of piperazine rings is 1. The molecule has 8 nitrogen and oxygen atoms in total. The van der Waals surface area contributed by atoms with E-state index in [1.165, 1.54) is 12.1 Å². The van der Waals surface area contributed by atoms with Gasteiger partial charge in [-0.1, -0.05) is 26.8 Å². The fraction of sp³-hybridized carbons (Fsp3) is 0.750. The number of benzene rings is 1. The lowest BCUT2D eigenvalue weighted by molar-refractivity contribution is -0.147. The molecular weight excluding hydrogens is 588 g/mol. The molecule has 4 fully saturated rings. The highest BCUT2D eigenvalue weighted by molar-refractivity contribution is 5.90. The zero-order valence-corrected chi connectivity index (χ0v) is 29.0. The second kappa shape index (κ2) is 13.5. The molecule has 1 aliphatic carbocycles. The van der Waals surface area contributed by atoms with Crippen molar-refractivity contribution in [2.24, 2.45) is 11.3 Å². The fourth-order valence-electron chi connectivity index (χ4n) is 8.39. The van der Waals surface area contributed by atoms with Gasteiger partial charge < -0.3 is 19.6 Å². The summed E-state index contributed by atoms with van der Waals surface area (Å²) in [5.74, 6) is -2.65. The third-order valence-corrected chi connectivity index (χ3v) is 11.4. The van der Waals surface area contributed by atoms with E-state index in [1.54, 1.807) is 11.8 Å². The molecule has 3 heterocycles. The molecule has 0 aromatic heterocycles. The quantitative estimate of drug-likeness (QED) is 0.449. The van der Waals surface area contributed by atoms with Crippen molar-refractivity contribution >= 4 is 17.7 Å². The summed E-state index contributed by atoms with van der Waals surface area (Å²) in [6.07, 6.45) is 4.27. The Balaban J connectivity index is 1.46. The molecule has 256 valence electrons. The largest absolute Gasteiger partial charge is 0.338 e. The molecular formula is C36H55F2N5O3. The van der Waals surface area contributed by atoms with Gasteiger partial charge in [-0.05, 0) is 76.5 Å². The topological polar surface area (TPSA) is 67.4 Å². The van der Waals surface area contributed by atoms with Crippen molar-refractivity contribution in [1.29, 1.82) is 0 Å². The number of hydrogen-bond acceptors (Lipinski definition) is 5. The average Bonchev–Trinajstić information content (AvgIpc) is 3.63. The summed E-state index contributed by atoms with van der Waals surface area (Å²) in [6, 6.07) is 2.74. The molecule has 1 aromatic carbocycles. The van der Waals surface area contributed by atoms with E-state index in [0.29, 0.717) is 38.2 Å². The molecule has 4 atom stereocenters. The third-order valence-electron chi connectivity index (χ3n) is 11.4. The summed E-state index contributed by atoms with van der Waals surface area (Å²) in [5.41, 5.74) is 0.295. The molecule has 3 aliphatic heterocycles. The van der Waals surface area contributed by atoms with Gasteiger partial charge in [-0.2, -0.15) is 0 Å². The molecule has 46 heavy (non-hydrogen) atoms. The number of rotatable bonds is 6. The Kier molecular flexibility index (Phi) is 10.2. The number of likely N-dealkylation sites (tertiary alicyclic amines) is 2. The Morgan fingerprint density at radius 1 is 0.935 bits per heavy atom. The maximum Gasteiger partial charge on any atom is 0.245 e. The number of carbonyl (C=O) groups is 3. The van der Waals surface area contributed by atoms with Gasteiger partial charge in [0.2, 0.25) is 17.7 Å². The van der Waals surface area contributed by atoms with Gasteiger partial charge in [0.15, 0.2) is 0 Å². The second-order valence-corrected chi connectivity index (χ2v) is 15.9. The first-order valence-corrected chi connectivity index (χ1v) is 17.4. The van der Waals surface area contributed by atoms with Crippen LogP contribution in [0.4, 0.5) is 8.78 Å². The van der Waals surface area contributed by atoms with E-state index in [4.69, 9.17) is 0 Å². The van der Waals surface area contributed by atoms with Gasteiger partial charge in [0.05, 0.1) is 12.0 Å². The van der Waals surface area contributed by atoms with Crippen LogP contribution in [0.3, 0.4) is 0 Å². The van der Waals surface area contributed by atoms with E-state index in [0.717, 1.165) is 51.4 Å². The molecule has 1 unspecified atom stereocenters. The van der Waals surface area contributed by atoms with Crippen LogP contribution in [-0.4, -0.2) is 118 Å². The first-order valence-electron chi connectivity index (χ1n) is 17.4. The highest BCUT2D eigenvalue weighted by Crippen LogP contribution is 2.42. The molecule has 1 aromatic rings. The lowest BCUT2D eigenvalue weighted by Crippen LogP contribution is -2.55. The summed E-state index contributed by atoms with van der Waals surface area (Å²) in [4.78, 5) is 52.4. The monoisotopic (exact) mass is 643 g/mol. The van der Waals surface area contributed by atoms with Crippen LogP contribution in [0.5, 0.6) is 0 Å². The Labute approximate surface area is 274 Å². The van der Waals surface area contributed by atoms with E-state index in [9.17, 15) is 18.8 Å². The standard InChI is InChI=1S/C36H55F2N5O3/c1-8-39-15-17-40(18-16-39)34(46)32-20-27(43(24(2)44)26-11-13-36(6,7)14-12-26)21-42(32)33(45)30-23-41(35(3,4)5)22-29(30)28-10-9-25(37)19-31(28)38/h9-10,19,26-27,29-30,32H,8,11-18,20-23H2,1-7H3/t27?,29-,30+,32-/m0/s1. The zero-order chi connectivity index (χ0) is 33.6. The predicted octanol–water partition coefficient (Wildman–Crippen LogP) is 4.73. The minimum Gasteiger partial charge on any atom is -0.338 e. The lowest BCUT2D eigenvalue weighted by atomic mass is 9.75. The van der Waals surface area contributed by atoms with E-state index < -0.39 is 29.5 Å². The number of carbonyl (C=O) groups excluding carboxylic acids is 3. The van der Waals surface area contributed by atoms with E-state index >= 15 is 4.39 Å². The van der Waals surface area contributed by atoms with Crippen molar-refractivity contribution in [2.75, 3.05) is 52.4 Å². The SMILES string of the molecule is CCN1CCN(C(=O)[C@@H]2CC(N(C(C)=O)C3CCC(C)(C)CC3)CN2C(=O)[C@@H]2CN(C(C)(C)C)C[C@H]2c2ccc(F)cc2F)CC1. The van der Waals surface area contributed by atoms with Gasteiger partial charge in [-0.15, -0.1) is 0 Å². The van der Waals surface area contributed by atoms with Crippen LogP contribution in [0.1, 0.15) is 92.1 Å². The predicted molar refractivity (Wildman–Crippen MR) is 175 cm³/mol. The first-order chi connectivity index (χ1) is 21.6. The molecule has 0 N–H and O–H groups in total. The molecule has 0 spiro atoms. The van der Waals surface area contributed by atoms with Gasteiger partial charge in [0.1, 0.15) is 17.7 Å². The summed E-state index contributed by atoms with van der Waals surface area (Å²) in [6.45, 7) is 19.4. The number of nitrogens with zero attached hydrogens (tertiary/aromatic N) is 5. The minimum atomic E-state index is -0.685. The Bertz CT molecular complexity index is 1280. The van der Waals surface area contributed by atoms with Gasteiger partial charge in [-0.3, -0.25) is 19.3 Å². The maximum absolute atomic E-state index is 15.3. The van der Waals surface area contributed by atoms with Crippen LogP contribution in [0.25, 0.3) is 0 Å². The van der Waals surface area contributed by atoms with Crippen molar-refractivity contribution < 1.29 is 23.2 Å². The van der Waals surface area contributed by atoms with Gasteiger partial charge >= 0.3 is 0 Å². The van der Waals surface area contributed by atoms with Crippen molar-refractivity contribution in [3.8, 4) is 0 Å². The number of amides is 3. The van der Waals surface area contributed by atoms with Crippen molar-refractivity contribution in [3.05, 3.63) is 35.4 Å². The van der Waals surface area contributed by atoms with Crippen LogP contribution in [0.2, 0.25) is 0 Å². The molecule has 4 aliphatic rings. The van der Waals surface area contributed by atoms with Crippen LogP contribution in [0.15, 0.2) is 18.2 Å². The first kappa shape index (κ1) is 34.7. The van der Waals surface area contributed by atoms with E-state index in [1.807, 2.05) is 9.80 Å². The molecule has 3 saturated heterocycles. The fourth-order valence-corrected chi connectivity index (χ4v) is 8.39. The van der Waals surface area contributed by atoms with Crippen molar-refractivity contribution in [2.45, 2.75) is 110 Å². The average molecular weight is 644 g/mol. The van der Waals surface area contributed by atoms with E-state index in [-0.39, 0.29) is 47.3 Å². The second-order valence-electron chi connectivity index (χ2n) is 15.9. The Morgan fingerprint density at radius 3 is 2.15 bits per heavy atom. The number of hydrogen-bond donors (Lipinski definition) is 0. The normalized spacial score (nSPS) is 28.1. The zero-order valence-electron chi connectivity index (χ0n) is 29.0. The summed E-state index contributed by atoms with van der Waals surface area (Å²) >= 11 is 0. The molecule has 3 amide bonds. The smallest absolute Gasteiger partial charge is 0.245 e. The minimum absolute atomic E-state index is 0.0159. The summed E-state index contributed by atoms with van der Waals surface area (Å²) in [7, 11) is 0.